The Bertz CT molecular complexity index is 849. The Balaban J connectivity index is 1.43. The number of rotatable bonds is 6. The lowest BCUT2D eigenvalue weighted by Gasteiger charge is -2.14. The van der Waals surface area contributed by atoms with Crippen molar-refractivity contribution in [2.75, 3.05) is 32.6 Å². The maximum atomic E-state index is 5.38. The molecule has 0 heterocycles. The minimum absolute atomic E-state index is 0.667. The standard InChI is InChI=1S/C22H27N3O2/c1-4-23-22(25-15-9-10-19(26-2)20(12-15)27-3)24-13-18-17-11-14-7-5-6-8-16(14)21(17)18/h5-10,12,17-18,21H,4,11,13H2,1-3H3,(H2,23,24,25). The van der Waals surface area contributed by atoms with Gasteiger partial charge in [0.25, 0.3) is 0 Å². The molecule has 4 rings (SSSR count). The first-order valence-electron chi connectivity index (χ1n) is 9.60. The van der Waals surface area contributed by atoms with Crippen LogP contribution in [-0.4, -0.2) is 33.3 Å². The van der Waals surface area contributed by atoms with Gasteiger partial charge < -0.3 is 20.1 Å². The van der Waals surface area contributed by atoms with E-state index in [4.69, 9.17) is 14.5 Å². The fourth-order valence-electron chi connectivity index (χ4n) is 4.29. The quantitative estimate of drug-likeness (QED) is 0.606. The topological polar surface area (TPSA) is 54.9 Å². The summed E-state index contributed by atoms with van der Waals surface area (Å²) in [6.45, 7) is 3.75. The van der Waals surface area contributed by atoms with Crippen molar-refractivity contribution in [1.29, 1.82) is 0 Å². The van der Waals surface area contributed by atoms with Gasteiger partial charge in [-0.25, -0.2) is 0 Å². The first-order chi connectivity index (χ1) is 13.2. The van der Waals surface area contributed by atoms with Crippen LogP contribution in [0.5, 0.6) is 11.5 Å². The monoisotopic (exact) mass is 365 g/mol. The molecule has 0 saturated heterocycles. The van der Waals surface area contributed by atoms with E-state index >= 15 is 0 Å². The highest BCUT2D eigenvalue weighted by atomic mass is 16.5. The van der Waals surface area contributed by atoms with Crippen LogP contribution in [0.25, 0.3) is 0 Å². The zero-order valence-electron chi connectivity index (χ0n) is 16.2. The zero-order chi connectivity index (χ0) is 18.8. The van der Waals surface area contributed by atoms with E-state index in [0.29, 0.717) is 17.6 Å². The molecule has 2 N–H and O–H groups in total. The van der Waals surface area contributed by atoms with E-state index < -0.39 is 0 Å². The molecule has 2 aliphatic rings. The summed E-state index contributed by atoms with van der Waals surface area (Å²) >= 11 is 0. The largest absolute Gasteiger partial charge is 0.493 e. The summed E-state index contributed by atoms with van der Waals surface area (Å²) in [7, 11) is 3.28. The summed E-state index contributed by atoms with van der Waals surface area (Å²) in [5.74, 6) is 4.37. The molecule has 0 aliphatic heterocycles. The number of hydrogen-bond acceptors (Lipinski definition) is 3. The van der Waals surface area contributed by atoms with E-state index in [-0.39, 0.29) is 0 Å². The molecule has 0 radical (unpaired) electrons. The van der Waals surface area contributed by atoms with Crippen LogP contribution < -0.4 is 20.1 Å². The molecule has 0 aromatic heterocycles. The fourth-order valence-corrected chi connectivity index (χ4v) is 4.29. The van der Waals surface area contributed by atoms with Crippen molar-refractivity contribution in [1.82, 2.24) is 5.32 Å². The molecule has 142 valence electrons. The van der Waals surface area contributed by atoms with Crippen molar-refractivity contribution in [3.05, 3.63) is 53.6 Å². The number of aliphatic imine (C=N–C) groups is 1. The number of nitrogens with one attached hydrogen (secondary N) is 2. The number of methoxy groups -OCH3 is 2. The molecule has 1 fully saturated rings. The summed E-state index contributed by atoms with van der Waals surface area (Å²) in [5.41, 5.74) is 4.00. The van der Waals surface area contributed by atoms with Gasteiger partial charge in [-0.1, -0.05) is 24.3 Å². The summed E-state index contributed by atoms with van der Waals surface area (Å²) in [4.78, 5) is 4.85. The molecule has 0 spiro atoms. The third-order valence-electron chi connectivity index (χ3n) is 5.65. The Kier molecular flexibility index (Phi) is 4.92. The van der Waals surface area contributed by atoms with Crippen molar-refractivity contribution in [2.45, 2.75) is 19.3 Å². The number of hydrogen-bond donors (Lipinski definition) is 2. The fraction of sp³-hybridized carbons (Fsp3) is 0.409. The Labute approximate surface area is 160 Å². The van der Waals surface area contributed by atoms with Gasteiger partial charge in [0.2, 0.25) is 0 Å². The molecule has 5 nitrogen and oxygen atoms in total. The van der Waals surface area contributed by atoms with Crippen LogP contribution in [0.3, 0.4) is 0 Å². The van der Waals surface area contributed by atoms with Crippen LogP contribution in [0.1, 0.15) is 24.0 Å². The van der Waals surface area contributed by atoms with Crippen molar-refractivity contribution in [3.63, 3.8) is 0 Å². The minimum Gasteiger partial charge on any atom is -0.493 e. The van der Waals surface area contributed by atoms with Crippen LogP contribution in [0, 0.1) is 11.8 Å². The van der Waals surface area contributed by atoms with E-state index in [0.717, 1.165) is 36.4 Å². The normalized spacial score (nSPS) is 22.6. The Hall–Kier alpha value is -2.69. The lowest BCUT2D eigenvalue weighted by atomic mass is 10.0. The average molecular weight is 365 g/mol. The Morgan fingerprint density at radius 1 is 1.11 bits per heavy atom. The number of anilines is 1. The van der Waals surface area contributed by atoms with Gasteiger partial charge in [-0.3, -0.25) is 4.99 Å². The number of guanidine groups is 1. The Morgan fingerprint density at radius 3 is 2.70 bits per heavy atom. The van der Waals surface area contributed by atoms with Gasteiger partial charge in [-0.2, -0.15) is 0 Å². The predicted octanol–water partition coefficient (Wildman–Crippen LogP) is 3.67. The molecule has 1 saturated carbocycles. The van der Waals surface area contributed by atoms with Gasteiger partial charge in [-0.05, 0) is 54.4 Å². The smallest absolute Gasteiger partial charge is 0.195 e. The van der Waals surface area contributed by atoms with Crippen LogP contribution in [0.2, 0.25) is 0 Å². The van der Waals surface area contributed by atoms with Crippen molar-refractivity contribution < 1.29 is 9.47 Å². The van der Waals surface area contributed by atoms with Crippen molar-refractivity contribution in [3.8, 4) is 11.5 Å². The van der Waals surface area contributed by atoms with E-state index in [1.165, 1.54) is 12.0 Å². The van der Waals surface area contributed by atoms with Crippen LogP contribution in [0.15, 0.2) is 47.5 Å². The first-order valence-corrected chi connectivity index (χ1v) is 9.60. The van der Waals surface area contributed by atoms with E-state index in [1.807, 2.05) is 18.2 Å². The second-order valence-electron chi connectivity index (χ2n) is 7.17. The molecule has 3 unspecified atom stereocenters. The van der Waals surface area contributed by atoms with Gasteiger partial charge in [-0.15, -0.1) is 0 Å². The number of ether oxygens (including phenoxy) is 2. The third-order valence-corrected chi connectivity index (χ3v) is 5.65. The molecule has 0 bridgehead atoms. The van der Waals surface area contributed by atoms with Crippen LogP contribution in [-0.2, 0) is 6.42 Å². The molecular weight excluding hydrogens is 338 g/mol. The van der Waals surface area contributed by atoms with Gasteiger partial charge in [0, 0.05) is 24.8 Å². The number of benzene rings is 2. The summed E-state index contributed by atoms with van der Waals surface area (Å²) in [5, 5.41) is 6.71. The lowest BCUT2D eigenvalue weighted by molar-refractivity contribution is 0.355. The zero-order valence-corrected chi connectivity index (χ0v) is 16.2. The molecule has 2 aromatic rings. The van der Waals surface area contributed by atoms with Crippen LogP contribution >= 0.6 is 0 Å². The van der Waals surface area contributed by atoms with Gasteiger partial charge >= 0.3 is 0 Å². The maximum Gasteiger partial charge on any atom is 0.195 e. The number of fused-ring (bicyclic) bond motifs is 3. The molecule has 0 amide bonds. The second kappa shape index (κ2) is 7.51. The van der Waals surface area contributed by atoms with Crippen LogP contribution in [0.4, 0.5) is 5.69 Å². The Morgan fingerprint density at radius 2 is 1.93 bits per heavy atom. The molecule has 3 atom stereocenters. The van der Waals surface area contributed by atoms with E-state index in [1.54, 1.807) is 19.8 Å². The highest BCUT2D eigenvalue weighted by molar-refractivity contribution is 5.94. The highest BCUT2D eigenvalue weighted by Crippen LogP contribution is 2.61. The highest BCUT2D eigenvalue weighted by Gasteiger charge is 2.54. The summed E-state index contributed by atoms with van der Waals surface area (Å²) < 4.78 is 10.7. The molecular formula is C22H27N3O2. The maximum absolute atomic E-state index is 5.38. The average Bonchev–Trinajstić information content (AvgIpc) is 3.24. The molecule has 2 aromatic carbocycles. The van der Waals surface area contributed by atoms with Crippen molar-refractivity contribution in [2.24, 2.45) is 16.8 Å². The molecule has 5 heteroatoms. The third kappa shape index (κ3) is 3.46. The van der Waals surface area contributed by atoms with Gasteiger partial charge in [0.15, 0.2) is 17.5 Å². The lowest BCUT2D eigenvalue weighted by Crippen LogP contribution is -2.31. The first kappa shape index (κ1) is 17.7. The molecule has 27 heavy (non-hydrogen) atoms. The van der Waals surface area contributed by atoms with Gasteiger partial charge in [0.1, 0.15) is 0 Å². The number of nitrogens with zero attached hydrogens (tertiary/aromatic N) is 1. The minimum atomic E-state index is 0.667. The van der Waals surface area contributed by atoms with Crippen molar-refractivity contribution >= 4 is 11.6 Å². The SMILES string of the molecule is CCNC(=NCC1C2Cc3ccccc3C12)Nc1ccc(OC)c(OC)c1. The summed E-state index contributed by atoms with van der Waals surface area (Å²) in [6, 6.07) is 14.6. The predicted molar refractivity (Wildman–Crippen MR) is 109 cm³/mol. The van der Waals surface area contributed by atoms with E-state index in [2.05, 4.69) is 41.8 Å². The second-order valence-corrected chi connectivity index (χ2v) is 7.17. The van der Waals surface area contributed by atoms with E-state index in [9.17, 15) is 0 Å². The molecule has 2 aliphatic carbocycles. The summed E-state index contributed by atoms with van der Waals surface area (Å²) in [6.07, 6.45) is 1.21. The van der Waals surface area contributed by atoms with Gasteiger partial charge in [0.05, 0.1) is 14.2 Å².